The number of nitrogens with one attached hydrogen (secondary N) is 1. The topological polar surface area (TPSA) is 103 Å². The van der Waals surface area contributed by atoms with Crippen LogP contribution in [0.25, 0.3) is 33.7 Å². The van der Waals surface area contributed by atoms with Gasteiger partial charge in [0.1, 0.15) is 17.0 Å². The van der Waals surface area contributed by atoms with Crippen LogP contribution in [-0.2, 0) is 13.6 Å². The van der Waals surface area contributed by atoms with Crippen LogP contribution in [0.5, 0.6) is 0 Å². The number of aryl methyl sites for hydroxylation is 1. The minimum Gasteiger partial charge on any atom is -0.382 e. The van der Waals surface area contributed by atoms with Crippen molar-refractivity contribution in [3.63, 3.8) is 0 Å². The van der Waals surface area contributed by atoms with E-state index in [1.54, 1.807) is 33.8 Å². The Hall–Kier alpha value is -3.75. The lowest BCUT2D eigenvalue weighted by Gasteiger charge is -2.12. The normalized spacial score (nSPS) is 11.0. The van der Waals surface area contributed by atoms with E-state index in [0.717, 1.165) is 5.39 Å². The third-order valence-corrected chi connectivity index (χ3v) is 4.51. The first-order valence-electron chi connectivity index (χ1n) is 9.35. The number of rotatable bonds is 3. The smallest absolute Gasteiger partial charge is 0.185 e. The second kappa shape index (κ2) is 7.34. The van der Waals surface area contributed by atoms with Gasteiger partial charge in [-0.1, -0.05) is 32.0 Å². The number of nitrogen functional groups attached to an aromatic ring is 1. The largest absolute Gasteiger partial charge is 0.382 e. The highest BCUT2D eigenvalue weighted by atomic mass is 19.1. The van der Waals surface area contributed by atoms with Crippen LogP contribution in [0.3, 0.4) is 0 Å². The minimum absolute atomic E-state index is 0.252. The molecule has 0 unspecified atom stereocenters. The summed E-state index contributed by atoms with van der Waals surface area (Å²) < 4.78 is 17.5. The summed E-state index contributed by atoms with van der Waals surface area (Å²) in [6, 6.07) is 10.3. The number of hydrogen-bond acceptors (Lipinski definition) is 5. The first-order valence-corrected chi connectivity index (χ1v) is 9.35. The standard InChI is InChI=1S/C18H15FN8.C2H6/c1-26-18-14(24-26)15(20)22-16(23-18)13-11-6-4-8-21-17(11)27(25-13)9-10-5-2-3-7-12(10)19;1-2/h2-8,24H,9H2,1H3,(H2,20,22,23);1-2H3. The van der Waals surface area contributed by atoms with Gasteiger partial charge in [0.25, 0.3) is 0 Å². The van der Waals surface area contributed by atoms with Crippen molar-refractivity contribution in [2.75, 3.05) is 5.73 Å². The van der Waals surface area contributed by atoms with Crippen LogP contribution < -0.4 is 5.73 Å². The van der Waals surface area contributed by atoms with E-state index < -0.39 is 0 Å². The fraction of sp³-hybridized carbons (Fsp3) is 0.200. The quantitative estimate of drug-likeness (QED) is 0.489. The molecular formula is C20H21FN8. The second-order valence-corrected chi connectivity index (χ2v) is 6.27. The van der Waals surface area contributed by atoms with E-state index in [1.165, 1.54) is 6.07 Å². The molecule has 3 N–H and O–H groups in total. The predicted molar refractivity (Wildman–Crippen MR) is 111 cm³/mol. The van der Waals surface area contributed by atoms with Crippen molar-refractivity contribution in [2.45, 2.75) is 20.4 Å². The van der Waals surface area contributed by atoms with Gasteiger partial charge in [-0.3, -0.25) is 9.78 Å². The molecule has 148 valence electrons. The predicted octanol–water partition coefficient (Wildman–Crippen LogP) is 3.50. The Kier molecular flexibility index (Phi) is 4.71. The zero-order valence-electron chi connectivity index (χ0n) is 16.4. The number of fused-ring (bicyclic) bond motifs is 2. The van der Waals surface area contributed by atoms with Gasteiger partial charge < -0.3 is 5.73 Å². The Balaban J connectivity index is 0.000000994. The molecule has 9 heteroatoms. The number of benzene rings is 1. The van der Waals surface area contributed by atoms with Crippen molar-refractivity contribution < 1.29 is 4.39 Å². The zero-order chi connectivity index (χ0) is 20.5. The molecule has 0 radical (unpaired) electrons. The minimum atomic E-state index is -0.284. The third kappa shape index (κ3) is 3.10. The highest BCUT2D eigenvalue weighted by Crippen LogP contribution is 2.28. The molecule has 1 aromatic carbocycles. The van der Waals surface area contributed by atoms with Gasteiger partial charge in [-0.15, -0.1) is 0 Å². The number of aromatic nitrogens is 7. The Labute approximate surface area is 166 Å². The summed E-state index contributed by atoms with van der Waals surface area (Å²) in [5.41, 5.74) is 9.16. The molecule has 0 aliphatic carbocycles. The number of aromatic amines is 1. The highest BCUT2D eigenvalue weighted by molar-refractivity contribution is 5.92. The second-order valence-electron chi connectivity index (χ2n) is 6.27. The van der Waals surface area contributed by atoms with Crippen LogP contribution in [0.2, 0.25) is 0 Å². The van der Waals surface area contributed by atoms with E-state index in [9.17, 15) is 4.39 Å². The maximum atomic E-state index is 14.1. The Morgan fingerprint density at radius 1 is 1.07 bits per heavy atom. The summed E-state index contributed by atoms with van der Waals surface area (Å²) in [5, 5.41) is 8.42. The van der Waals surface area contributed by atoms with Crippen LogP contribution >= 0.6 is 0 Å². The number of nitrogens with two attached hydrogens (primary N) is 1. The van der Waals surface area contributed by atoms with E-state index in [4.69, 9.17) is 5.73 Å². The zero-order valence-corrected chi connectivity index (χ0v) is 16.4. The summed E-state index contributed by atoms with van der Waals surface area (Å²) >= 11 is 0. The van der Waals surface area contributed by atoms with Crippen LogP contribution in [0.15, 0.2) is 42.6 Å². The van der Waals surface area contributed by atoms with Crippen molar-refractivity contribution in [3.05, 3.63) is 54.0 Å². The van der Waals surface area contributed by atoms with Crippen molar-refractivity contribution in [2.24, 2.45) is 7.05 Å². The van der Waals surface area contributed by atoms with Crippen molar-refractivity contribution in [1.29, 1.82) is 0 Å². The molecule has 8 nitrogen and oxygen atoms in total. The van der Waals surface area contributed by atoms with Gasteiger partial charge in [0.05, 0.1) is 11.9 Å². The summed E-state index contributed by atoms with van der Waals surface area (Å²) in [6.07, 6.45) is 1.68. The lowest BCUT2D eigenvalue weighted by molar-refractivity contribution is 0.589. The van der Waals surface area contributed by atoms with E-state index in [0.29, 0.717) is 39.7 Å². The highest BCUT2D eigenvalue weighted by Gasteiger charge is 2.19. The molecule has 0 aliphatic rings. The van der Waals surface area contributed by atoms with Crippen LogP contribution in [0, 0.1) is 5.82 Å². The van der Waals surface area contributed by atoms with E-state index >= 15 is 0 Å². The average molecular weight is 392 g/mol. The summed E-state index contributed by atoms with van der Waals surface area (Å²) in [4.78, 5) is 13.3. The lowest BCUT2D eigenvalue weighted by atomic mass is 10.2. The fourth-order valence-corrected chi connectivity index (χ4v) is 3.16. The first kappa shape index (κ1) is 18.6. The monoisotopic (exact) mass is 392 g/mol. The summed E-state index contributed by atoms with van der Waals surface area (Å²) in [6.45, 7) is 4.25. The Morgan fingerprint density at radius 3 is 2.62 bits per heavy atom. The van der Waals surface area contributed by atoms with Gasteiger partial charge in [-0.2, -0.15) is 5.10 Å². The fourth-order valence-electron chi connectivity index (χ4n) is 3.16. The van der Waals surface area contributed by atoms with Gasteiger partial charge >= 0.3 is 0 Å². The van der Waals surface area contributed by atoms with Crippen molar-refractivity contribution >= 4 is 28.0 Å². The molecule has 4 aromatic heterocycles. The third-order valence-electron chi connectivity index (χ3n) is 4.51. The molecule has 0 aliphatic heterocycles. The number of pyridine rings is 1. The molecule has 0 saturated heterocycles. The Morgan fingerprint density at radius 2 is 1.86 bits per heavy atom. The number of H-pyrrole nitrogens is 1. The molecular weight excluding hydrogens is 371 g/mol. The maximum Gasteiger partial charge on any atom is 0.185 e. The van der Waals surface area contributed by atoms with Crippen molar-refractivity contribution in [3.8, 4) is 11.5 Å². The number of halogens is 1. The number of anilines is 1. The van der Waals surface area contributed by atoms with Gasteiger partial charge in [-0.25, -0.2) is 24.0 Å². The molecule has 29 heavy (non-hydrogen) atoms. The lowest BCUT2D eigenvalue weighted by Crippen LogP contribution is -2.12. The van der Waals surface area contributed by atoms with E-state index in [-0.39, 0.29) is 12.4 Å². The number of nitrogens with zero attached hydrogens (tertiary/aromatic N) is 6. The summed E-state index contributed by atoms with van der Waals surface area (Å²) in [5.74, 6) is 0.478. The average Bonchev–Trinajstić information content (AvgIpc) is 3.10. The van der Waals surface area contributed by atoms with Gasteiger partial charge in [0.2, 0.25) is 0 Å². The molecule has 0 amide bonds. The van der Waals surface area contributed by atoms with Crippen molar-refractivity contribution in [1.82, 2.24) is 34.5 Å². The van der Waals surface area contributed by atoms with Crippen LogP contribution in [0.1, 0.15) is 19.4 Å². The molecule has 4 heterocycles. The Bertz CT molecular complexity index is 1300. The van der Waals surface area contributed by atoms with Gasteiger partial charge in [0, 0.05) is 18.8 Å². The van der Waals surface area contributed by atoms with Gasteiger partial charge in [0.15, 0.2) is 22.9 Å². The van der Waals surface area contributed by atoms with Gasteiger partial charge in [-0.05, 0) is 18.2 Å². The maximum absolute atomic E-state index is 14.1. The van der Waals surface area contributed by atoms with E-state index in [2.05, 4.69) is 25.1 Å². The van der Waals surface area contributed by atoms with Crippen LogP contribution in [-0.4, -0.2) is 34.5 Å². The molecule has 0 fully saturated rings. The molecule has 0 spiro atoms. The molecule has 0 atom stereocenters. The SMILES string of the molecule is CC.Cn1[nH]c2c(N)nc(-c3nn(Cc4ccccc4F)c4ncccc34)nc21. The first-order chi connectivity index (χ1) is 14.1. The van der Waals surface area contributed by atoms with E-state index in [1.807, 2.05) is 33.0 Å². The summed E-state index contributed by atoms with van der Waals surface area (Å²) in [7, 11) is 1.84. The molecule has 5 aromatic rings. The molecule has 0 saturated carbocycles. The van der Waals surface area contributed by atoms with Crippen LogP contribution in [0.4, 0.5) is 10.2 Å². The molecule has 5 rings (SSSR count). The molecule has 0 bridgehead atoms. The number of hydrogen-bond donors (Lipinski definition) is 2.